The standard InChI is InChI=1S/C13H13ClN2O/c1-2-16-13(17)11(9-14)8-12(15-16)10-6-4-3-5-7-10/h3-8H,2,9H2,1H3. The molecule has 0 aliphatic carbocycles. The quantitative estimate of drug-likeness (QED) is 0.783. The van der Waals surface area contributed by atoms with E-state index in [2.05, 4.69) is 5.10 Å². The van der Waals surface area contributed by atoms with Crippen LogP contribution in [0.4, 0.5) is 0 Å². The summed E-state index contributed by atoms with van der Waals surface area (Å²) >= 11 is 5.78. The van der Waals surface area contributed by atoms with Gasteiger partial charge in [0.15, 0.2) is 0 Å². The molecule has 2 aromatic rings. The average molecular weight is 249 g/mol. The highest BCUT2D eigenvalue weighted by Gasteiger charge is 2.07. The topological polar surface area (TPSA) is 34.9 Å². The number of hydrogen-bond donors (Lipinski definition) is 0. The zero-order valence-electron chi connectivity index (χ0n) is 9.56. The van der Waals surface area contributed by atoms with Gasteiger partial charge < -0.3 is 0 Å². The lowest BCUT2D eigenvalue weighted by molar-refractivity contribution is 0.613. The monoisotopic (exact) mass is 248 g/mol. The van der Waals surface area contributed by atoms with E-state index in [0.29, 0.717) is 12.1 Å². The molecule has 0 amide bonds. The Kier molecular flexibility index (Phi) is 3.59. The summed E-state index contributed by atoms with van der Waals surface area (Å²) < 4.78 is 1.44. The minimum absolute atomic E-state index is 0.109. The van der Waals surface area contributed by atoms with E-state index >= 15 is 0 Å². The Morgan fingerprint density at radius 2 is 2.00 bits per heavy atom. The Balaban J connectivity index is 2.60. The first kappa shape index (κ1) is 11.9. The van der Waals surface area contributed by atoms with Crippen LogP contribution in [0.1, 0.15) is 12.5 Å². The SMILES string of the molecule is CCn1nc(-c2ccccc2)cc(CCl)c1=O. The minimum atomic E-state index is -0.109. The van der Waals surface area contributed by atoms with Crippen molar-refractivity contribution in [3.63, 3.8) is 0 Å². The molecule has 0 fully saturated rings. The van der Waals surface area contributed by atoms with Crippen LogP contribution in [0.15, 0.2) is 41.2 Å². The zero-order valence-corrected chi connectivity index (χ0v) is 10.3. The third kappa shape index (κ3) is 2.39. The fourth-order valence-electron chi connectivity index (χ4n) is 1.66. The maximum atomic E-state index is 11.8. The number of halogens is 1. The van der Waals surface area contributed by atoms with Crippen molar-refractivity contribution in [3.8, 4) is 11.3 Å². The van der Waals surface area contributed by atoms with Crippen molar-refractivity contribution in [2.75, 3.05) is 0 Å². The molecule has 3 nitrogen and oxygen atoms in total. The zero-order chi connectivity index (χ0) is 12.3. The summed E-state index contributed by atoms with van der Waals surface area (Å²) in [5.74, 6) is 0.210. The highest BCUT2D eigenvalue weighted by molar-refractivity contribution is 6.17. The van der Waals surface area contributed by atoms with Crippen LogP contribution in [0.5, 0.6) is 0 Å². The van der Waals surface area contributed by atoms with Gasteiger partial charge in [-0.25, -0.2) is 4.68 Å². The number of hydrogen-bond acceptors (Lipinski definition) is 2. The molecule has 17 heavy (non-hydrogen) atoms. The van der Waals surface area contributed by atoms with Gasteiger partial charge >= 0.3 is 0 Å². The highest BCUT2D eigenvalue weighted by atomic mass is 35.5. The second kappa shape index (κ2) is 5.15. The van der Waals surface area contributed by atoms with E-state index in [-0.39, 0.29) is 11.4 Å². The van der Waals surface area contributed by atoms with Gasteiger partial charge in [-0.2, -0.15) is 5.10 Å². The summed E-state index contributed by atoms with van der Waals surface area (Å²) in [6.45, 7) is 2.44. The number of aryl methyl sites for hydroxylation is 1. The van der Waals surface area contributed by atoms with Crippen LogP contribution < -0.4 is 5.56 Å². The molecule has 0 aliphatic rings. The molecule has 0 radical (unpaired) electrons. The molecule has 0 atom stereocenters. The summed E-state index contributed by atoms with van der Waals surface area (Å²) in [6.07, 6.45) is 0. The largest absolute Gasteiger partial charge is 0.271 e. The molecule has 2 rings (SSSR count). The van der Waals surface area contributed by atoms with Crippen molar-refractivity contribution in [1.82, 2.24) is 9.78 Å². The van der Waals surface area contributed by atoms with E-state index < -0.39 is 0 Å². The van der Waals surface area contributed by atoms with Crippen molar-refractivity contribution < 1.29 is 0 Å². The predicted octanol–water partition coefficient (Wildman–Crippen LogP) is 2.67. The Morgan fingerprint density at radius 3 is 2.59 bits per heavy atom. The predicted molar refractivity (Wildman–Crippen MR) is 69.2 cm³/mol. The van der Waals surface area contributed by atoms with Gasteiger partial charge in [0.05, 0.1) is 11.6 Å². The van der Waals surface area contributed by atoms with Gasteiger partial charge in [-0.3, -0.25) is 4.79 Å². The van der Waals surface area contributed by atoms with Crippen LogP contribution >= 0.6 is 11.6 Å². The van der Waals surface area contributed by atoms with Crippen LogP contribution in [0.2, 0.25) is 0 Å². The summed E-state index contributed by atoms with van der Waals surface area (Å²) in [5.41, 5.74) is 2.24. The molecule has 0 saturated heterocycles. The van der Waals surface area contributed by atoms with E-state index in [1.54, 1.807) is 6.07 Å². The van der Waals surface area contributed by atoms with Crippen LogP contribution in [0, 0.1) is 0 Å². The van der Waals surface area contributed by atoms with Gasteiger partial charge in [0.25, 0.3) is 5.56 Å². The summed E-state index contributed by atoms with van der Waals surface area (Å²) in [6, 6.07) is 11.5. The van der Waals surface area contributed by atoms with Crippen LogP contribution in [-0.2, 0) is 12.4 Å². The smallest absolute Gasteiger partial charge is 0.267 e. The van der Waals surface area contributed by atoms with Gasteiger partial charge in [0, 0.05) is 17.7 Å². The third-order valence-electron chi connectivity index (χ3n) is 2.56. The highest BCUT2D eigenvalue weighted by Crippen LogP contribution is 2.16. The molecule has 88 valence electrons. The first-order chi connectivity index (χ1) is 8.26. The van der Waals surface area contributed by atoms with Crippen LogP contribution in [0.25, 0.3) is 11.3 Å². The van der Waals surface area contributed by atoms with Crippen molar-refractivity contribution in [2.45, 2.75) is 19.3 Å². The summed E-state index contributed by atoms with van der Waals surface area (Å²) in [5, 5.41) is 4.32. The number of nitrogens with zero attached hydrogens (tertiary/aromatic N) is 2. The Morgan fingerprint density at radius 1 is 1.29 bits per heavy atom. The Hall–Kier alpha value is -1.61. The Labute approximate surface area is 105 Å². The van der Waals surface area contributed by atoms with Crippen LogP contribution in [-0.4, -0.2) is 9.78 Å². The fraction of sp³-hybridized carbons (Fsp3) is 0.231. The average Bonchev–Trinajstić information content (AvgIpc) is 2.40. The van der Waals surface area contributed by atoms with Crippen molar-refractivity contribution in [3.05, 3.63) is 52.3 Å². The number of rotatable bonds is 3. The third-order valence-corrected chi connectivity index (χ3v) is 2.85. The lowest BCUT2D eigenvalue weighted by Gasteiger charge is -2.07. The maximum absolute atomic E-state index is 11.8. The normalized spacial score (nSPS) is 10.5. The van der Waals surface area contributed by atoms with E-state index in [0.717, 1.165) is 11.3 Å². The summed E-state index contributed by atoms with van der Waals surface area (Å²) in [4.78, 5) is 11.8. The van der Waals surface area contributed by atoms with Crippen molar-refractivity contribution >= 4 is 11.6 Å². The lowest BCUT2D eigenvalue weighted by Crippen LogP contribution is -2.25. The molecule has 0 saturated carbocycles. The number of aromatic nitrogens is 2. The molecular formula is C13H13ClN2O. The number of benzene rings is 1. The fourth-order valence-corrected chi connectivity index (χ4v) is 1.85. The van der Waals surface area contributed by atoms with Crippen molar-refractivity contribution in [1.29, 1.82) is 0 Å². The van der Waals surface area contributed by atoms with Crippen LogP contribution in [0.3, 0.4) is 0 Å². The molecule has 0 aliphatic heterocycles. The van der Waals surface area contributed by atoms with Crippen molar-refractivity contribution in [2.24, 2.45) is 0 Å². The minimum Gasteiger partial charge on any atom is -0.267 e. The molecule has 0 unspecified atom stereocenters. The maximum Gasteiger partial charge on any atom is 0.271 e. The van der Waals surface area contributed by atoms with Gasteiger partial charge in [-0.15, -0.1) is 11.6 Å². The molecule has 1 aromatic carbocycles. The van der Waals surface area contributed by atoms with Gasteiger partial charge in [0.2, 0.25) is 0 Å². The first-order valence-electron chi connectivity index (χ1n) is 5.48. The molecule has 1 heterocycles. The molecule has 4 heteroatoms. The second-order valence-electron chi connectivity index (χ2n) is 3.68. The number of alkyl halides is 1. The molecule has 0 bridgehead atoms. The molecule has 0 N–H and O–H groups in total. The summed E-state index contributed by atoms with van der Waals surface area (Å²) in [7, 11) is 0. The van der Waals surface area contributed by atoms with E-state index in [1.807, 2.05) is 37.3 Å². The second-order valence-corrected chi connectivity index (χ2v) is 3.94. The first-order valence-corrected chi connectivity index (χ1v) is 6.02. The lowest BCUT2D eigenvalue weighted by atomic mass is 10.1. The van der Waals surface area contributed by atoms with Gasteiger partial charge in [-0.05, 0) is 13.0 Å². The van der Waals surface area contributed by atoms with Gasteiger partial charge in [-0.1, -0.05) is 30.3 Å². The Bertz CT molecular complexity index is 535. The van der Waals surface area contributed by atoms with E-state index in [4.69, 9.17) is 11.6 Å². The van der Waals surface area contributed by atoms with E-state index in [1.165, 1.54) is 4.68 Å². The molecular weight excluding hydrogens is 236 g/mol. The van der Waals surface area contributed by atoms with Gasteiger partial charge in [0.1, 0.15) is 0 Å². The molecule has 1 aromatic heterocycles. The van der Waals surface area contributed by atoms with E-state index in [9.17, 15) is 4.79 Å². The molecule has 0 spiro atoms.